The Kier molecular flexibility index (Phi) is 2.46. The Morgan fingerprint density at radius 3 is 2.00 bits per heavy atom. The molecule has 0 unspecified atom stereocenters. The number of aromatic nitrogens is 3. The maximum atomic E-state index is 4.52. The number of aryl methyl sites for hydroxylation is 4. The standard InChI is InChI=1S/C11H12BrN3/c1-5-9(12)8(4)15-11-10(5)13-6(2)7(3)14-11/h1-4H3. The van der Waals surface area contributed by atoms with Crippen LogP contribution in [0.25, 0.3) is 11.2 Å². The SMILES string of the molecule is Cc1nc2nc(C)c(Br)c(C)c2nc1C. The molecule has 0 N–H and O–H groups in total. The summed E-state index contributed by atoms with van der Waals surface area (Å²) in [5, 5.41) is 0. The van der Waals surface area contributed by atoms with E-state index < -0.39 is 0 Å². The van der Waals surface area contributed by atoms with Gasteiger partial charge in [-0.1, -0.05) is 0 Å². The zero-order chi connectivity index (χ0) is 11.2. The zero-order valence-electron chi connectivity index (χ0n) is 9.22. The molecular weight excluding hydrogens is 254 g/mol. The quantitative estimate of drug-likeness (QED) is 0.735. The lowest BCUT2D eigenvalue weighted by atomic mass is 10.2. The monoisotopic (exact) mass is 265 g/mol. The van der Waals surface area contributed by atoms with Gasteiger partial charge in [-0.25, -0.2) is 15.0 Å². The molecule has 3 nitrogen and oxygen atoms in total. The highest BCUT2D eigenvalue weighted by atomic mass is 79.9. The predicted molar refractivity (Wildman–Crippen MR) is 64.0 cm³/mol. The third-order valence-corrected chi connectivity index (χ3v) is 3.73. The van der Waals surface area contributed by atoms with Gasteiger partial charge in [0, 0.05) is 4.47 Å². The van der Waals surface area contributed by atoms with Crippen molar-refractivity contribution in [3.63, 3.8) is 0 Å². The second kappa shape index (κ2) is 3.52. The van der Waals surface area contributed by atoms with E-state index in [1.54, 1.807) is 0 Å². The summed E-state index contributed by atoms with van der Waals surface area (Å²) in [6.07, 6.45) is 0. The minimum atomic E-state index is 0.733. The fourth-order valence-electron chi connectivity index (χ4n) is 1.50. The molecule has 0 saturated carbocycles. The number of fused-ring (bicyclic) bond motifs is 1. The number of rotatable bonds is 0. The van der Waals surface area contributed by atoms with E-state index >= 15 is 0 Å². The molecule has 0 radical (unpaired) electrons. The molecule has 2 aromatic rings. The topological polar surface area (TPSA) is 38.7 Å². The first-order valence-electron chi connectivity index (χ1n) is 4.78. The predicted octanol–water partition coefficient (Wildman–Crippen LogP) is 3.02. The van der Waals surface area contributed by atoms with E-state index in [1.165, 1.54) is 0 Å². The maximum Gasteiger partial charge on any atom is 0.179 e. The van der Waals surface area contributed by atoms with Crippen molar-refractivity contribution in [2.24, 2.45) is 0 Å². The van der Waals surface area contributed by atoms with Gasteiger partial charge < -0.3 is 0 Å². The van der Waals surface area contributed by atoms with Gasteiger partial charge in [-0.3, -0.25) is 0 Å². The molecule has 0 fully saturated rings. The van der Waals surface area contributed by atoms with E-state index in [0.29, 0.717) is 0 Å². The van der Waals surface area contributed by atoms with E-state index in [1.807, 2.05) is 27.7 Å². The summed E-state index contributed by atoms with van der Waals surface area (Å²) in [5.41, 5.74) is 5.58. The molecule has 0 saturated heterocycles. The Bertz CT molecular complexity index is 544. The first-order valence-corrected chi connectivity index (χ1v) is 5.57. The molecule has 0 aliphatic heterocycles. The van der Waals surface area contributed by atoms with Gasteiger partial charge in [0.15, 0.2) is 5.65 Å². The highest BCUT2D eigenvalue weighted by molar-refractivity contribution is 9.10. The van der Waals surface area contributed by atoms with Crippen molar-refractivity contribution in [1.29, 1.82) is 0 Å². The van der Waals surface area contributed by atoms with Gasteiger partial charge in [-0.2, -0.15) is 0 Å². The second-order valence-electron chi connectivity index (χ2n) is 3.70. The van der Waals surface area contributed by atoms with Gasteiger partial charge in [0.05, 0.1) is 17.1 Å². The molecule has 78 valence electrons. The van der Waals surface area contributed by atoms with Gasteiger partial charge in [-0.05, 0) is 49.2 Å². The maximum absolute atomic E-state index is 4.52. The molecular formula is C11H12BrN3. The number of hydrogen-bond donors (Lipinski definition) is 0. The highest BCUT2D eigenvalue weighted by Crippen LogP contribution is 2.25. The van der Waals surface area contributed by atoms with Gasteiger partial charge in [0.25, 0.3) is 0 Å². The normalized spacial score (nSPS) is 11.0. The molecule has 4 heteroatoms. The first kappa shape index (κ1) is 10.5. The Hall–Kier alpha value is -1.03. The second-order valence-corrected chi connectivity index (χ2v) is 4.50. The molecule has 0 aliphatic rings. The molecule has 15 heavy (non-hydrogen) atoms. The highest BCUT2D eigenvalue weighted by Gasteiger charge is 2.10. The lowest BCUT2D eigenvalue weighted by Gasteiger charge is -2.07. The average Bonchev–Trinajstić information content (AvgIpc) is 2.19. The lowest BCUT2D eigenvalue weighted by molar-refractivity contribution is 1.05. The number of nitrogens with zero attached hydrogens (tertiary/aromatic N) is 3. The summed E-state index contributed by atoms with van der Waals surface area (Å²) >= 11 is 3.51. The van der Waals surface area contributed by atoms with E-state index in [-0.39, 0.29) is 0 Å². The van der Waals surface area contributed by atoms with Crippen molar-refractivity contribution in [3.05, 3.63) is 27.1 Å². The minimum absolute atomic E-state index is 0.733. The van der Waals surface area contributed by atoms with Crippen LogP contribution in [0.3, 0.4) is 0 Å². The van der Waals surface area contributed by atoms with Crippen molar-refractivity contribution in [3.8, 4) is 0 Å². The molecule has 0 bridgehead atoms. The number of halogens is 1. The average molecular weight is 266 g/mol. The molecule has 2 aromatic heterocycles. The van der Waals surface area contributed by atoms with Gasteiger partial charge in [0.1, 0.15) is 5.52 Å². The Morgan fingerprint density at radius 1 is 0.800 bits per heavy atom. The largest absolute Gasteiger partial charge is 0.248 e. The van der Waals surface area contributed by atoms with Crippen LogP contribution >= 0.6 is 15.9 Å². The van der Waals surface area contributed by atoms with Crippen molar-refractivity contribution >= 4 is 27.1 Å². The number of hydrogen-bond acceptors (Lipinski definition) is 3. The van der Waals surface area contributed by atoms with Gasteiger partial charge in [-0.15, -0.1) is 0 Å². The van der Waals surface area contributed by atoms with Crippen molar-refractivity contribution < 1.29 is 0 Å². The summed E-state index contributed by atoms with van der Waals surface area (Å²) in [4.78, 5) is 13.4. The van der Waals surface area contributed by atoms with Crippen LogP contribution in [0, 0.1) is 27.7 Å². The van der Waals surface area contributed by atoms with Crippen LogP contribution in [0.1, 0.15) is 22.6 Å². The third-order valence-electron chi connectivity index (χ3n) is 2.56. The molecule has 0 aliphatic carbocycles. The molecule has 2 heterocycles. The van der Waals surface area contributed by atoms with E-state index in [4.69, 9.17) is 0 Å². The molecule has 0 spiro atoms. The first-order chi connectivity index (χ1) is 7.00. The van der Waals surface area contributed by atoms with Crippen molar-refractivity contribution in [2.45, 2.75) is 27.7 Å². The van der Waals surface area contributed by atoms with Crippen LogP contribution in [0.2, 0.25) is 0 Å². The lowest BCUT2D eigenvalue weighted by Crippen LogP contribution is -1.99. The minimum Gasteiger partial charge on any atom is -0.248 e. The summed E-state index contributed by atoms with van der Waals surface area (Å²) in [7, 11) is 0. The van der Waals surface area contributed by atoms with Crippen LogP contribution in [-0.4, -0.2) is 15.0 Å². The van der Waals surface area contributed by atoms with Crippen LogP contribution in [0.4, 0.5) is 0 Å². The summed E-state index contributed by atoms with van der Waals surface area (Å²) < 4.78 is 1.02. The van der Waals surface area contributed by atoms with Crippen molar-refractivity contribution in [1.82, 2.24) is 15.0 Å². The van der Waals surface area contributed by atoms with Crippen molar-refractivity contribution in [2.75, 3.05) is 0 Å². The molecule has 2 rings (SSSR count). The van der Waals surface area contributed by atoms with Crippen LogP contribution in [0.15, 0.2) is 4.47 Å². The summed E-state index contributed by atoms with van der Waals surface area (Å²) in [6, 6.07) is 0. The molecule has 0 aromatic carbocycles. The smallest absolute Gasteiger partial charge is 0.179 e. The Labute approximate surface area is 97.1 Å². The van der Waals surface area contributed by atoms with Crippen LogP contribution in [0.5, 0.6) is 0 Å². The fraction of sp³-hybridized carbons (Fsp3) is 0.364. The van der Waals surface area contributed by atoms with Gasteiger partial charge in [0.2, 0.25) is 0 Å². The van der Waals surface area contributed by atoms with E-state index in [0.717, 1.165) is 38.3 Å². The van der Waals surface area contributed by atoms with Crippen LogP contribution in [-0.2, 0) is 0 Å². The molecule has 0 amide bonds. The van der Waals surface area contributed by atoms with Crippen LogP contribution < -0.4 is 0 Å². The van der Waals surface area contributed by atoms with Gasteiger partial charge >= 0.3 is 0 Å². The summed E-state index contributed by atoms with van der Waals surface area (Å²) in [5.74, 6) is 0. The molecule has 0 atom stereocenters. The summed E-state index contributed by atoms with van der Waals surface area (Å²) in [6.45, 7) is 7.92. The fourth-order valence-corrected chi connectivity index (χ4v) is 1.78. The van der Waals surface area contributed by atoms with E-state index in [2.05, 4.69) is 30.9 Å². The Morgan fingerprint density at radius 2 is 1.33 bits per heavy atom. The van der Waals surface area contributed by atoms with E-state index in [9.17, 15) is 0 Å². The number of pyridine rings is 1. The third kappa shape index (κ3) is 1.63. The Balaban J connectivity index is 2.93. The zero-order valence-corrected chi connectivity index (χ0v) is 10.8.